The third-order valence-corrected chi connectivity index (χ3v) is 3.15. The maximum Gasteiger partial charge on any atom is 0.408 e. The summed E-state index contributed by atoms with van der Waals surface area (Å²) in [5.74, 6) is -1.63. The van der Waals surface area contributed by atoms with Gasteiger partial charge in [-0.25, -0.2) is 9.59 Å². The van der Waals surface area contributed by atoms with Crippen LogP contribution in [-0.2, 0) is 19.1 Å². The molecular weight excluding hydrogens is 278 g/mol. The summed E-state index contributed by atoms with van der Waals surface area (Å²) in [6.45, 7) is 3.37. The molecule has 7 heteroatoms. The summed E-state index contributed by atoms with van der Waals surface area (Å²) in [6.07, 6.45) is 2.20. The highest BCUT2D eigenvalue weighted by Gasteiger charge is 2.28. The lowest BCUT2D eigenvalue weighted by Crippen LogP contribution is -2.44. The molecule has 0 aromatic rings. The Labute approximate surface area is 124 Å². The topological polar surface area (TPSA) is 102 Å². The second-order valence-electron chi connectivity index (χ2n) is 5.43. The van der Waals surface area contributed by atoms with E-state index in [2.05, 4.69) is 5.32 Å². The van der Waals surface area contributed by atoms with E-state index in [-0.39, 0.29) is 25.0 Å². The van der Waals surface area contributed by atoms with E-state index in [1.54, 1.807) is 13.8 Å². The minimum atomic E-state index is -1.03. The van der Waals surface area contributed by atoms with Gasteiger partial charge in [0.15, 0.2) is 0 Å². The molecule has 2 N–H and O–H groups in total. The molecule has 1 aliphatic carbocycles. The van der Waals surface area contributed by atoms with Crippen molar-refractivity contribution in [3.05, 3.63) is 0 Å². The highest BCUT2D eigenvalue weighted by molar-refractivity contribution is 5.82. The van der Waals surface area contributed by atoms with Crippen LogP contribution in [0.1, 0.15) is 52.4 Å². The quantitative estimate of drug-likeness (QED) is 0.696. The van der Waals surface area contributed by atoms with Crippen LogP contribution >= 0.6 is 0 Å². The van der Waals surface area contributed by atoms with Crippen molar-refractivity contribution in [2.75, 3.05) is 0 Å². The molecule has 1 fully saturated rings. The molecule has 21 heavy (non-hydrogen) atoms. The van der Waals surface area contributed by atoms with Gasteiger partial charge in [0.2, 0.25) is 0 Å². The zero-order valence-corrected chi connectivity index (χ0v) is 12.5. The van der Waals surface area contributed by atoms with Crippen LogP contribution < -0.4 is 5.32 Å². The Morgan fingerprint density at radius 2 is 1.86 bits per heavy atom. The smallest absolute Gasteiger partial charge is 0.408 e. The number of carboxylic acid groups (broad SMARTS) is 1. The highest BCUT2D eigenvalue weighted by Crippen LogP contribution is 2.21. The molecule has 120 valence electrons. The maximum absolute atomic E-state index is 12.0. The number of ether oxygens (including phenoxy) is 2. The molecule has 0 radical (unpaired) electrons. The Balaban J connectivity index is 2.54. The molecule has 1 atom stereocenters. The fraction of sp³-hybridized carbons (Fsp3) is 0.786. The van der Waals surface area contributed by atoms with E-state index >= 15 is 0 Å². The number of hydrogen-bond donors (Lipinski definition) is 2. The minimum Gasteiger partial charge on any atom is -0.481 e. The summed E-state index contributed by atoms with van der Waals surface area (Å²) in [4.78, 5) is 34.2. The molecule has 0 saturated heterocycles. The fourth-order valence-electron chi connectivity index (χ4n) is 2.16. The van der Waals surface area contributed by atoms with E-state index in [0.29, 0.717) is 0 Å². The molecule has 0 heterocycles. The van der Waals surface area contributed by atoms with Crippen molar-refractivity contribution in [1.82, 2.24) is 5.32 Å². The van der Waals surface area contributed by atoms with E-state index in [4.69, 9.17) is 14.6 Å². The number of carbonyl (C=O) groups excluding carboxylic acids is 2. The van der Waals surface area contributed by atoms with Crippen molar-refractivity contribution in [2.45, 2.75) is 70.6 Å². The van der Waals surface area contributed by atoms with E-state index in [9.17, 15) is 14.4 Å². The van der Waals surface area contributed by atoms with Crippen LogP contribution in [0.25, 0.3) is 0 Å². The van der Waals surface area contributed by atoms with Crippen molar-refractivity contribution in [3.63, 3.8) is 0 Å². The van der Waals surface area contributed by atoms with Gasteiger partial charge in [0.25, 0.3) is 0 Å². The summed E-state index contributed by atoms with van der Waals surface area (Å²) in [6, 6.07) is -0.993. The molecule has 0 aromatic carbocycles. The van der Waals surface area contributed by atoms with Crippen LogP contribution in [0, 0.1) is 0 Å². The van der Waals surface area contributed by atoms with Crippen molar-refractivity contribution in [1.29, 1.82) is 0 Å². The number of carboxylic acids is 1. The first-order valence-corrected chi connectivity index (χ1v) is 7.28. The predicted molar refractivity (Wildman–Crippen MR) is 73.8 cm³/mol. The molecule has 1 saturated carbocycles. The van der Waals surface area contributed by atoms with Crippen molar-refractivity contribution >= 4 is 18.0 Å². The first-order chi connectivity index (χ1) is 9.88. The second-order valence-corrected chi connectivity index (χ2v) is 5.43. The van der Waals surface area contributed by atoms with Gasteiger partial charge < -0.3 is 19.9 Å². The van der Waals surface area contributed by atoms with Crippen molar-refractivity contribution < 1.29 is 29.0 Å². The number of alkyl carbamates (subject to hydrolysis) is 1. The van der Waals surface area contributed by atoms with Gasteiger partial charge in [-0.2, -0.15) is 0 Å². The second kappa shape index (κ2) is 8.49. The van der Waals surface area contributed by atoms with E-state index in [0.717, 1.165) is 25.7 Å². The summed E-state index contributed by atoms with van der Waals surface area (Å²) in [5.41, 5.74) is 0. The molecule has 0 bridgehead atoms. The summed E-state index contributed by atoms with van der Waals surface area (Å²) in [5, 5.41) is 11.1. The van der Waals surface area contributed by atoms with Crippen LogP contribution in [0.3, 0.4) is 0 Å². The van der Waals surface area contributed by atoms with Crippen LogP contribution in [0.5, 0.6) is 0 Å². The Morgan fingerprint density at radius 1 is 1.24 bits per heavy atom. The molecule has 0 aliphatic heterocycles. The van der Waals surface area contributed by atoms with E-state index in [1.807, 2.05) is 0 Å². The van der Waals surface area contributed by atoms with Gasteiger partial charge >= 0.3 is 18.0 Å². The summed E-state index contributed by atoms with van der Waals surface area (Å²) in [7, 11) is 0. The first kappa shape index (κ1) is 17.3. The predicted octanol–water partition coefficient (Wildman–Crippen LogP) is 1.84. The zero-order chi connectivity index (χ0) is 15.8. The number of hydrogen-bond acceptors (Lipinski definition) is 5. The van der Waals surface area contributed by atoms with Crippen LogP contribution in [0.4, 0.5) is 4.79 Å². The normalized spacial score (nSPS) is 16.5. The Morgan fingerprint density at radius 3 is 2.38 bits per heavy atom. The summed E-state index contributed by atoms with van der Waals surface area (Å²) < 4.78 is 10.2. The van der Waals surface area contributed by atoms with Gasteiger partial charge in [0.1, 0.15) is 12.1 Å². The molecule has 1 aliphatic rings. The number of amides is 1. The van der Waals surface area contributed by atoms with Gasteiger partial charge in [0, 0.05) is 6.42 Å². The van der Waals surface area contributed by atoms with Gasteiger partial charge in [-0.05, 0) is 46.0 Å². The lowest BCUT2D eigenvalue weighted by molar-refractivity contribution is -0.151. The lowest BCUT2D eigenvalue weighted by Gasteiger charge is -2.20. The van der Waals surface area contributed by atoms with Gasteiger partial charge in [-0.3, -0.25) is 4.79 Å². The van der Waals surface area contributed by atoms with Gasteiger partial charge in [-0.1, -0.05) is 0 Å². The standard InChI is InChI=1S/C14H23NO6/c1-9(2)20-14(19)15-11(7-8-12(16)17)13(18)21-10-5-3-4-6-10/h9-11H,3-8H2,1-2H3,(H,15,19)(H,16,17). The molecule has 1 amide bonds. The Kier molecular flexibility index (Phi) is 6.98. The van der Waals surface area contributed by atoms with Crippen molar-refractivity contribution in [2.24, 2.45) is 0 Å². The molecule has 7 nitrogen and oxygen atoms in total. The number of esters is 1. The summed E-state index contributed by atoms with van der Waals surface area (Å²) >= 11 is 0. The lowest BCUT2D eigenvalue weighted by atomic mass is 10.1. The third kappa shape index (κ3) is 6.97. The van der Waals surface area contributed by atoms with E-state index < -0.39 is 24.1 Å². The maximum atomic E-state index is 12.0. The van der Waals surface area contributed by atoms with Crippen LogP contribution in [0.15, 0.2) is 0 Å². The average Bonchev–Trinajstić information content (AvgIpc) is 2.85. The van der Waals surface area contributed by atoms with Crippen LogP contribution in [0.2, 0.25) is 0 Å². The minimum absolute atomic E-state index is 0.0198. The highest BCUT2D eigenvalue weighted by atomic mass is 16.6. The molecule has 1 unspecified atom stereocenters. The number of carbonyl (C=O) groups is 3. The molecule has 0 aromatic heterocycles. The molecular formula is C14H23NO6. The number of nitrogens with one attached hydrogen (secondary N) is 1. The number of aliphatic carboxylic acids is 1. The van der Waals surface area contributed by atoms with Crippen LogP contribution in [-0.4, -0.2) is 41.4 Å². The molecule has 1 rings (SSSR count). The SMILES string of the molecule is CC(C)OC(=O)NC(CCC(=O)O)C(=O)OC1CCCC1. The van der Waals surface area contributed by atoms with Gasteiger partial charge in [0.05, 0.1) is 6.10 Å². The molecule has 0 spiro atoms. The zero-order valence-electron chi connectivity index (χ0n) is 12.5. The van der Waals surface area contributed by atoms with Crippen molar-refractivity contribution in [3.8, 4) is 0 Å². The Bertz CT molecular complexity index is 376. The Hall–Kier alpha value is -1.79. The van der Waals surface area contributed by atoms with E-state index in [1.165, 1.54) is 0 Å². The third-order valence-electron chi connectivity index (χ3n) is 3.15. The fourth-order valence-corrected chi connectivity index (χ4v) is 2.16. The largest absolute Gasteiger partial charge is 0.481 e. The average molecular weight is 301 g/mol. The first-order valence-electron chi connectivity index (χ1n) is 7.28. The van der Waals surface area contributed by atoms with Gasteiger partial charge in [-0.15, -0.1) is 0 Å². The number of rotatable bonds is 7. The monoisotopic (exact) mass is 301 g/mol.